The summed E-state index contributed by atoms with van der Waals surface area (Å²) < 4.78 is 18.7. The van der Waals surface area contributed by atoms with E-state index in [2.05, 4.69) is 40.7 Å². The van der Waals surface area contributed by atoms with Crippen LogP contribution in [-0.4, -0.2) is 60.5 Å². The molecule has 198 valence electrons. The zero-order valence-electron chi connectivity index (χ0n) is 22.2. The van der Waals surface area contributed by atoms with Gasteiger partial charge < -0.3 is 23.7 Å². The van der Waals surface area contributed by atoms with Crippen molar-refractivity contribution in [3.63, 3.8) is 0 Å². The van der Waals surface area contributed by atoms with Crippen molar-refractivity contribution < 1.29 is 19.0 Å². The molecule has 37 heavy (non-hydrogen) atoms. The minimum Gasteiger partial charge on any atom is -0.493 e. The van der Waals surface area contributed by atoms with Crippen LogP contribution in [0.4, 0.5) is 0 Å². The van der Waals surface area contributed by atoms with Gasteiger partial charge >= 0.3 is 0 Å². The molecule has 0 aliphatic carbocycles. The van der Waals surface area contributed by atoms with Crippen LogP contribution >= 0.6 is 11.8 Å². The summed E-state index contributed by atoms with van der Waals surface area (Å²) in [7, 11) is 4.86. The maximum Gasteiger partial charge on any atom is 0.223 e. The molecular weight excluding hydrogens is 486 g/mol. The molecule has 4 rings (SSSR count). The number of carbonyl (C=O) groups excluding carboxylic acids is 1. The molecule has 0 spiro atoms. The fraction of sp³-hybridized carbons (Fsp3) is 0.448. The van der Waals surface area contributed by atoms with Gasteiger partial charge in [-0.2, -0.15) is 11.8 Å². The van der Waals surface area contributed by atoms with E-state index in [1.54, 1.807) is 21.3 Å². The van der Waals surface area contributed by atoms with Crippen molar-refractivity contribution in [2.75, 3.05) is 40.2 Å². The second-order valence-corrected chi connectivity index (χ2v) is 10.5. The number of carbonyl (C=O) groups is 1. The van der Waals surface area contributed by atoms with Gasteiger partial charge in [0.05, 0.1) is 21.3 Å². The van der Waals surface area contributed by atoms with Crippen molar-refractivity contribution >= 4 is 17.7 Å². The molecule has 3 aromatic rings. The van der Waals surface area contributed by atoms with Gasteiger partial charge in [0.2, 0.25) is 11.7 Å². The Bertz CT molecular complexity index is 1150. The van der Waals surface area contributed by atoms with Crippen molar-refractivity contribution in [3.8, 4) is 17.2 Å². The van der Waals surface area contributed by atoms with Crippen molar-refractivity contribution in [2.45, 2.75) is 44.4 Å². The van der Waals surface area contributed by atoms with E-state index < -0.39 is 0 Å². The minimum atomic E-state index is 0.260. The maximum absolute atomic E-state index is 12.8. The third kappa shape index (κ3) is 6.80. The van der Waals surface area contributed by atoms with E-state index in [4.69, 9.17) is 14.2 Å². The molecule has 2 aromatic carbocycles. The maximum atomic E-state index is 12.8. The fourth-order valence-corrected chi connectivity index (χ4v) is 5.71. The highest BCUT2D eigenvalue weighted by Crippen LogP contribution is 2.38. The normalized spacial score (nSPS) is 14.0. The van der Waals surface area contributed by atoms with Crippen LogP contribution in [0, 0.1) is 6.92 Å². The molecule has 0 unspecified atom stereocenters. The molecule has 0 radical (unpaired) electrons. The summed E-state index contributed by atoms with van der Waals surface area (Å²) in [6.45, 7) is 4.32. The van der Waals surface area contributed by atoms with Crippen molar-refractivity contribution in [1.29, 1.82) is 0 Å². The van der Waals surface area contributed by atoms with Crippen molar-refractivity contribution in [2.24, 2.45) is 0 Å². The lowest BCUT2D eigenvalue weighted by molar-refractivity contribution is -0.131. The Kier molecular flexibility index (Phi) is 9.39. The van der Waals surface area contributed by atoms with Crippen LogP contribution in [0.1, 0.15) is 47.7 Å². The van der Waals surface area contributed by atoms with Gasteiger partial charge in [0.25, 0.3) is 0 Å². The first-order valence-corrected chi connectivity index (χ1v) is 13.9. The van der Waals surface area contributed by atoms with Gasteiger partial charge in [-0.05, 0) is 43.0 Å². The summed E-state index contributed by atoms with van der Waals surface area (Å²) in [5.74, 6) is 5.33. The van der Waals surface area contributed by atoms with Crippen LogP contribution in [0.2, 0.25) is 0 Å². The van der Waals surface area contributed by atoms with Crippen LogP contribution in [0.5, 0.6) is 17.2 Å². The first kappa shape index (κ1) is 26.9. The van der Waals surface area contributed by atoms with Gasteiger partial charge in [0, 0.05) is 55.9 Å². The van der Waals surface area contributed by atoms with E-state index in [-0.39, 0.29) is 5.91 Å². The summed E-state index contributed by atoms with van der Waals surface area (Å²) in [5, 5.41) is 0. The van der Waals surface area contributed by atoms with E-state index in [9.17, 15) is 4.79 Å². The number of rotatable bonds is 11. The molecule has 0 saturated carbocycles. The number of hydrogen-bond donors (Lipinski definition) is 0. The molecule has 7 nitrogen and oxygen atoms in total. The molecule has 1 saturated heterocycles. The molecule has 2 heterocycles. The Labute approximate surface area is 224 Å². The Morgan fingerprint density at radius 2 is 1.68 bits per heavy atom. The number of benzene rings is 2. The highest BCUT2D eigenvalue weighted by molar-refractivity contribution is 7.98. The van der Waals surface area contributed by atoms with E-state index >= 15 is 0 Å². The number of nitrogens with zero attached hydrogens (tertiary/aromatic N) is 3. The Balaban J connectivity index is 1.29. The predicted octanol–water partition coefficient (Wildman–Crippen LogP) is 5.30. The van der Waals surface area contributed by atoms with Crippen LogP contribution in [0.3, 0.4) is 0 Å². The first-order valence-electron chi connectivity index (χ1n) is 12.7. The number of amides is 1. The number of aromatic nitrogens is 2. The molecular formula is C29H37N3O4S. The smallest absolute Gasteiger partial charge is 0.223 e. The quantitative estimate of drug-likeness (QED) is 0.318. The molecule has 0 bridgehead atoms. The van der Waals surface area contributed by atoms with Gasteiger partial charge in [0.1, 0.15) is 5.82 Å². The number of ether oxygens (including phenoxy) is 3. The average Bonchev–Trinajstić information content (AvgIpc) is 3.39. The molecule has 1 fully saturated rings. The monoisotopic (exact) mass is 523 g/mol. The summed E-state index contributed by atoms with van der Waals surface area (Å²) in [6.07, 6.45) is 6.32. The lowest BCUT2D eigenvalue weighted by Crippen LogP contribution is -2.38. The van der Waals surface area contributed by atoms with E-state index in [0.717, 1.165) is 48.8 Å². The van der Waals surface area contributed by atoms with E-state index in [1.165, 1.54) is 11.1 Å². The van der Waals surface area contributed by atoms with E-state index in [1.807, 2.05) is 41.2 Å². The first-order chi connectivity index (χ1) is 18.0. The zero-order chi connectivity index (χ0) is 26.2. The number of thioether (sulfide) groups is 1. The second-order valence-electron chi connectivity index (χ2n) is 9.39. The molecule has 1 aliphatic heterocycles. The SMILES string of the molecule is COc1cc(Cn2ccnc2C2CCN(C(=O)CCSCc3ccc(C)cc3)CC2)cc(OC)c1OC. The van der Waals surface area contributed by atoms with Gasteiger partial charge in [-0.25, -0.2) is 4.98 Å². The number of imidazole rings is 1. The minimum absolute atomic E-state index is 0.260. The summed E-state index contributed by atoms with van der Waals surface area (Å²) >= 11 is 1.83. The highest BCUT2D eigenvalue weighted by Gasteiger charge is 2.26. The topological polar surface area (TPSA) is 65.8 Å². The third-order valence-electron chi connectivity index (χ3n) is 6.89. The zero-order valence-corrected chi connectivity index (χ0v) is 23.1. The molecule has 1 aliphatic rings. The number of methoxy groups -OCH3 is 3. The lowest BCUT2D eigenvalue weighted by atomic mass is 9.95. The summed E-state index contributed by atoms with van der Waals surface area (Å²) in [5.41, 5.74) is 3.63. The van der Waals surface area contributed by atoms with Crippen molar-refractivity contribution in [3.05, 3.63) is 71.3 Å². The Hall–Kier alpha value is -3.13. The second kappa shape index (κ2) is 12.9. The fourth-order valence-electron chi connectivity index (χ4n) is 4.82. The van der Waals surface area contributed by atoms with Crippen LogP contribution < -0.4 is 14.2 Å². The summed E-state index contributed by atoms with van der Waals surface area (Å²) in [6, 6.07) is 12.6. The number of hydrogen-bond acceptors (Lipinski definition) is 6. The van der Waals surface area contributed by atoms with Crippen molar-refractivity contribution in [1.82, 2.24) is 14.5 Å². The Morgan fingerprint density at radius 1 is 1.00 bits per heavy atom. The van der Waals surface area contributed by atoms with Crippen LogP contribution in [0.25, 0.3) is 0 Å². The Morgan fingerprint density at radius 3 is 2.30 bits per heavy atom. The molecule has 1 amide bonds. The predicted molar refractivity (Wildman–Crippen MR) is 148 cm³/mol. The number of aryl methyl sites for hydroxylation is 1. The summed E-state index contributed by atoms with van der Waals surface area (Å²) in [4.78, 5) is 19.5. The molecule has 0 atom stereocenters. The highest BCUT2D eigenvalue weighted by atomic mass is 32.2. The van der Waals surface area contributed by atoms with Gasteiger partial charge in [0.15, 0.2) is 11.5 Å². The van der Waals surface area contributed by atoms with Gasteiger partial charge in [-0.15, -0.1) is 0 Å². The molecule has 0 N–H and O–H groups in total. The molecule has 1 aromatic heterocycles. The largest absolute Gasteiger partial charge is 0.493 e. The number of likely N-dealkylation sites (tertiary alicyclic amines) is 1. The third-order valence-corrected chi connectivity index (χ3v) is 7.92. The average molecular weight is 524 g/mol. The molecule has 8 heteroatoms. The van der Waals surface area contributed by atoms with Gasteiger partial charge in [-0.3, -0.25) is 4.79 Å². The van der Waals surface area contributed by atoms with E-state index in [0.29, 0.717) is 36.1 Å². The standard InChI is InChI=1S/C29H37N3O4S/c1-21-5-7-22(8-6-21)20-37-16-11-27(33)31-13-9-24(10-14-31)29-30-12-15-32(29)19-23-17-25(34-2)28(36-4)26(18-23)35-3/h5-8,12,15,17-18,24H,9-11,13-14,16,19-20H2,1-4H3. The van der Waals surface area contributed by atoms with Gasteiger partial charge in [-0.1, -0.05) is 29.8 Å². The van der Waals surface area contributed by atoms with Crippen LogP contribution in [-0.2, 0) is 17.1 Å². The number of piperidine rings is 1. The lowest BCUT2D eigenvalue weighted by Gasteiger charge is -2.32. The van der Waals surface area contributed by atoms with Crippen LogP contribution in [0.15, 0.2) is 48.8 Å².